The molecule has 344 valence electrons. The van der Waals surface area contributed by atoms with Gasteiger partial charge in [0.1, 0.15) is 0 Å². The van der Waals surface area contributed by atoms with Crippen LogP contribution in [0.5, 0.6) is 0 Å². The van der Waals surface area contributed by atoms with Crippen molar-refractivity contribution in [2.45, 2.75) is 212 Å². The normalized spacial score (nSPS) is 48.7. The fourth-order valence-electron chi connectivity index (χ4n) is 11.2. The van der Waals surface area contributed by atoms with Gasteiger partial charge in [-0.05, 0) is 70.3 Å². The Kier molecular flexibility index (Phi) is 14.5. The van der Waals surface area contributed by atoms with Crippen LogP contribution >= 0.6 is 0 Å². The molecule has 6 aliphatic heterocycles. The van der Waals surface area contributed by atoms with E-state index in [1.165, 1.54) is 0 Å². The molecule has 6 heterocycles. The van der Waals surface area contributed by atoms with Crippen LogP contribution in [0.4, 0.5) is 0 Å². The Morgan fingerprint density at radius 1 is 0.933 bits per heavy atom. The summed E-state index contributed by atoms with van der Waals surface area (Å²) >= 11 is 0. The predicted octanol–water partition coefficient (Wildman–Crippen LogP) is 5.64. The lowest BCUT2D eigenvalue weighted by atomic mass is 9.72. The molecule has 6 saturated heterocycles. The Morgan fingerprint density at radius 3 is 2.28 bits per heavy atom. The molecule has 14 nitrogen and oxygen atoms in total. The summed E-state index contributed by atoms with van der Waals surface area (Å²) in [4.78, 5) is 25.2. The van der Waals surface area contributed by atoms with E-state index in [4.69, 9.17) is 33.2 Å². The van der Waals surface area contributed by atoms with Gasteiger partial charge < -0.3 is 58.7 Å². The van der Waals surface area contributed by atoms with Crippen LogP contribution in [-0.4, -0.2) is 122 Å². The third kappa shape index (κ3) is 9.32. The summed E-state index contributed by atoms with van der Waals surface area (Å²) in [7, 11) is 0. The zero-order valence-corrected chi connectivity index (χ0v) is 37.8. The maximum atomic E-state index is 13.7. The molecule has 0 amide bonds. The number of hydrogen-bond donors (Lipinski definition) is 5. The average molecular weight is 853 g/mol. The Morgan fingerprint density at radius 2 is 1.65 bits per heavy atom. The fraction of sp³-hybridized carbons (Fsp3) is 0.913. The van der Waals surface area contributed by atoms with Crippen molar-refractivity contribution in [2.24, 2.45) is 40.9 Å². The third-order valence-corrected chi connectivity index (χ3v) is 15.5. The van der Waals surface area contributed by atoms with Gasteiger partial charge >= 0.3 is 5.97 Å². The maximum absolute atomic E-state index is 13.7. The van der Waals surface area contributed by atoms with Crippen molar-refractivity contribution in [1.29, 1.82) is 0 Å². The van der Waals surface area contributed by atoms with Crippen LogP contribution in [0.3, 0.4) is 0 Å². The van der Waals surface area contributed by atoms with Crippen LogP contribution in [0.25, 0.3) is 0 Å². The molecule has 0 aromatic heterocycles. The molecule has 2 spiro atoms. The number of aliphatic carboxylic acids is 1. The van der Waals surface area contributed by atoms with Gasteiger partial charge in [0.05, 0.1) is 67.5 Å². The monoisotopic (exact) mass is 853 g/mol. The highest BCUT2D eigenvalue weighted by atomic mass is 16.8. The van der Waals surface area contributed by atoms with Gasteiger partial charge in [0.2, 0.25) is 0 Å². The van der Waals surface area contributed by atoms with Crippen molar-refractivity contribution < 1.29 is 68.3 Å². The first-order valence-corrected chi connectivity index (χ1v) is 22.9. The molecule has 7 unspecified atom stereocenters. The van der Waals surface area contributed by atoms with E-state index in [0.717, 1.165) is 0 Å². The third-order valence-electron chi connectivity index (χ3n) is 15.5. The number of carboxylic acids is 1. The standard InChI is InChI=1S/C46H76O14/c1-11-12-32(39(50)25(2)17-27(4)41(51)52)21-42(9)24-54-44(22-36(42)49)16-15-43(10,60-44)37-20-34(56-38-14-13-33(48)31(8)55-38)30(7)46(58-37)29(6)19-35(57-46)40-26(3)18-28(5)45(53,23-47)59-40/h12,25-31,33-38,40,47-49,53H,11,13-24H2,1-10H3,(H,51,52)/b32-12+/t25?,26-,27?,28+,29+,30+,31+,33-,34-,35?,36-,37?,38+,40?,42-,43-,44?,45-,46?/m0/s1. The van der Waals surface area contributed by atoms with Crippen molar-refractivity contribution in [3.63, 3.8) is 0 Å². The molecule has 6 rings (SSSR count). The molecule has 0 aliphatic carbocycles. The molecule has 6 fully saturated rings. The van der Waals surface area contributed by atoms with Crippen molar-refractivity contribution >= 4 is 11.8 Å². The molecule has 0 radical (unpaired) electrons. The van der Waals surface area contributed by atoms with Gasteiger partial charge in [-0.1, -0.05) is 61.5 Å². The molecule has 60 heavy (non-hydrogen) atoms. The van der Waals surface area contributed by atoms with E-state index >= 15 is 0 Å². The maximum Gasteiger partial charge on any atom is 0.306 e. The minimum atomic E-state index is -1.67. The van der Waals surface area contributed by atoms with Crippen molar-refractivity contribution in [2.75, 3.05) is 13.2 Å². The van der Waals surface area contributed by atoms with Crippen molar-refractivity contribution in [3.05, 3.63) is 11.6 Å². The van der Waals surface area contributed by atoms with Crippen LogP contribution in [0.1, 0.15) is 140 Å². The lowest BCUT2D eigenvalue weighted by Crippen LogP contribution is -2.63. The number of carboxylic acid groups (broad SMARTS) is 1. The first-order chi connectivity index (χ1) is 28.0. The van der Waals surface area contributed by atoms with E-state index in [1.54, 1.807) is 13.8 Å². The van der Waals surface area contributed by atoms with Gasteiger partial charge in [0.15, 0.2) is 29.4 Å². The van der Waals surface area contributed by atoms with Crippen LogP contribution in [0.15, 0.2) is 11.6 Å². The number of Topliss-reactive ketones (excluding diaryl/α,β-unsaturated/α-hetero) is 1. The lowest BCUT2D eigenvalue weighted by molar-refractivity contribution is -0.388. The Labute approximate surface area is 357 Å². The van der Waals surface area contributed by atoms with Gasteiger partial charge in [-0.2, -0.15) is 0 Å². The number of hydrogen-bond acceptors (Lipinski definition) is 13. The summed E-state index contributed by atoms with van der Waals surface area (Å²) < 4.78 is 47.3. The molecular weight excluding hydrogens is 776 g/mol. The molecule has 0 bridgehead atoms. The number of allylic oxidation sites excluding steroid dienone is 2. The van der Waals surface area contributed by atoms with Gasteiger partial charge in [-0.15, -0.1) is 0 Å². The van der Waals surface area contributed by atoms with E-state index in [1.807, 2.05) is 40.7 Å². The minimum Gasteiger partial charge on any atom is -0.481 e. The highest BCUT2D eigenvalue weighted by Crippen LogP contribution is 2.57. The van der Waals surface area contributed by atoms with E-state index in [-0.39, 0.29) is 61.1 Å². The molecule has 6 aliphatic rings. The number of aliphatic hydroxyl groups excluding tert-OH is 3. The second-order valence-corrected chi connectivity index (χ2v) is 20.5. The first-order valence-electron chi connectivity index (χ1n) is 22.9. The highest BCUT2D eigenvalue weighted by Gasteiger charge is 2.65. The topological polar surface area (TPSA) is 200 Å². The summed E-state index contributed by atoms with van der Waals surface area (Å²) in [6, 6.07) is 0. The molecule has 0 aromatic rings. The largest absolute Gasteiger partial charge is 0.481 e. The minimum absolute atomic E-state index is 0.0521. The smallest absolute Gasteiger partial charge is 0.306 e. The van der Waals surface area contributed by atoms with Crippen molar-refractivity contribution in [1.82, 2.24) is 0 Å². The summed E-state index contributed by atoms with van der Waals surface area (Å²) in [6.07, 6.45) is 3.01. The van der Waals surface area contributed by atoms with Gasteiger partial charge in [0, 0.05) is 54.8 Å². The zero-order chi connectivity index (χ0) is 44.2. The SMILES string of the molecule is CC/C=C(\C[C@@]1(C)COC2(CC[C@@](C)(C3C[C@H](O[C@@H]4CC[C@H](O)[C@@H](C)O4)[C@@H](C)C4(OC(C5O[C@@](O)(CO)[C@H](C)C[C@@H]5C)C[C@H]4C)O3)O2)C[C@@H]1O)C(=O)C(C)CC(C)C(=O)O. The molecule has 0 aromatic carbocycles. The number of aliphatic hydroxyl groups is 4. The number of carbonyl (C=O) groups excluding carboxylic acids is 1. The van der Waals surface area contributed by atoms with E-state index in [0.29, 0.717) is 63.4 Å². The number of rotatable bonds is 13. The predicted molar refractivity (Wildman–Crippen MR) is 219 cm³/mol. The summed E-state index contributed by atoms with van der Waals surface area (Å²) in [5.41, 5.74) is -1.07. The van der Waals surface area contributed by atoms with Crippen LogP contribution < -0.4 is 0 Å². The number of ketones is 1. The van der Waals surface area contributed by atoms with Crippen molar-refractivity contribution in [3.8, 4) is 0 Å². The molecular formula is C46H76O14. The second kappa shape index (κ2) is 18.1. The van der Waals surface area contributed by atoms with Crippen LogP contribution in [0, 0.1) is 40.9 Å². The van der Waals surface area contributed by atoms with Gasteiger partial charge in [0.25, 0.3) is 0 Å². The van der Waals surface area contributed by atoms with E-state index in [2.05, 4.69) is 20.8 Å². The van der Waals surface area contributed by atoms with E-state index in [9.17, 15) is 35.1 Å². The summed E-state index contributed by atoms with van der Waals surface area (Å²) in [5.74, 6) is -6.63. The summed E-state index contributed by atoms with van der Waals surface area (Å²) in [5, 5.41) is 53.1. The van der Waals surface area contributed by atoms with Crippen LogP contribution in [-0.2, 0) is 42.7 Å². The average Bonchev–Trinajstić information content (AvgIpc) is 3.70. The highest BCUT2D eigenvalue weighted by molar-refractivity contribution is 5.97. The Hall–Kier alpha value is -1.56. The quantitative estimate of drug-likeness (QED) is 0.143. The molecule has 19 atom stereocenters. The second-order valence-electron chi connectivity index (χ2n) is 20.5. The molecule has 14 heteroatoms. The van der Waals surface area contributed by atoms with E-state index < -0.39 is 89.6 Å². The summed E-state index contributed by atoms with van der Waals surface area (Å²) in [6.45, 7) is 18.9. The molecule has 0 saturated carbocycles. The van der Waals surface area contributed by atoms with Gasteiger partial charge in [-0.25, -0.2) is 0 Å². The fourth-order valence-corrected chi connectivity index (χ4v) is 11.2. The molecule has 5 N–H and O–H groups in total. The van der Waals surface area contributed by atoms with Gasteiger partial charge in [-0.3, -0.25) is 9.59 Å². The number of ether oxygens (including phenoxy) is 7. The first kappa shape index (κ1) is 47.9. The zero-order valence-electron chi connectivity index (χ0n) is 37.8. The Balaban J connectivity index is 1.21. The lowest BCUT2D eigenvalue weighted by Gasteiger charge is -2.54. The Bertz CT molecular complexity index is 1560. The van der Waals surface area contributed by atoms with Crippen LogP contribution in [0.2, 0.25) is 0 Å². The number of carbonyl (C=O) groups is 2.